The number of unbranched alkanes of at least 4 members (excludes halogenated alkanes) is 1. The van der Waals surface area contributed by atoms with Crippen molar-refractivity contribution in [2.75, 3.05) is 19.8 Å². The van der Waals surface area contributed by atoms with E-state index in [1.807, 2.05) is 49.4 Å². The normalized spacial score (nSPS) is 10.4. The fourth-order valence-electron chi connectivity index (χ4n) is 2.08. The van der Waals surface area contributed by atoms with E-state index in [1.165, 1.54) is 5.56 Å². The summed E-state index contributed by atoms with van der Waals surface area (Å²) >= 11 is 0. The van der Waals surface area contributed by atoms with Gasteiger partial charge in [0.15, 0.2) is 0 Å². The first-order chi connectivity index (χ1) is 10.9. The van der Waals surface area contributed by atoms with Crippen LogP contribution < -0.4 is 9.47 Å². The van der Waals surface area contributed by atoms with Gasteiger partial charge in [-0.2, -0.15) is 0 Å². The van der Waals surface area contributed by atoms with Crippen molar-refractivity contribution in [2.24, 2.45) is 0 Å². The van der Waals surface area contributed by atoms with Crippen LogP contribution in [0, 0.1) is 0 Å². The number of benzene rings is 2. The first-order valence-electron chi connectivity index (χ1n) is 7.86. The molecule has 2 rings (SSSR count). The Morgan fingerprint density at radius 1 is 0.773 bits per heavy atom. The zero-order valence-corrected chi connectivity index (χ0v) is 13.2. The monoisotopic (exact) mass is 300 g/mol. The lowest BCUT2D eigenvalue weighted by Gasteiger charge is -2.09. The molecule has 0 aromatic heterocycles. The molecule has 0 saturated heterocycles. The molecule has 3 heteroatoms. The Hall–Kier alpha value is -2.00. The molecule has 0 fully saturated rings. The maximum atomic E-state index is 5.72. The van der Waals surface area contributed by atoms with Gasteiger partial charge in [-0.1, -0.05) is 36.4 Å². The molecule has 0 spiro atoms. The Morgan fingerprint density at radius 3 is 2.27 bits per heavy atom. The Labute approximate surface area is 132 Å². The topological polar surface area (TPSA) is 27.7 Å². The summed E-state index contributed by atoms with van der Waals surface area (Å²) in [5.74, 6) is 1.71. The molecule has 0 saturated carbocycles. The van der Waals surface area contributed by atoms with E-state index in [1.54, 1.807) is 0 Å². The summed E-state index contributed by atoms with van der Waals surface area (Å²) in [6.45, 7) is 4.78. The van der Waals surface area contributed by atoms with E-state index in [-0.39, 0.29) is 0 Å². The van der Waals surface area contributed by atoms with Crippen LogP contribution in [0.2, 0.25) is 0 Å². The summed E-state index contributed by atoms with van der Waals surface area (Å²) < 4.78 is 16.8. The number of rotatable bonds is 10. The van der Waals surface area contributed by atoms with E-state index < -0.39 is 0 Å². The molecule has 0 heterocycles. The molecule has 0 atom stereocenters. The van der Waals surface area contributed by atoms with E-state index >= 15 is 0 Å². The molecule has 22 heavy (non-hydrogen) atoms. The van der Waals surface area contributed by atoms with Crippen LogP contribution in [-0.4, -0.2) is 19.8 Å². The van der Waals surface area contributed by atoms with Crippen molar-refractivity contribution in [1.82, 2.24) is 0 Å². The quantitative estimate of drug-likeness (QED) is 0.606. The van der Waals surface area contributed by atoms with Crippen molar-refractivity contribution in [3.05, 3.63) is 60.2 Å². The van der Waals surface area contributed by atoms with E-state index in [0.29, 0.717) is 19.8 Å². The Morgan fingerprint density at radius 2 is 1.50 bits per heavy atom. The molecule has 2 aromatic rings. The Bertz CT molecular complexity index is 525. The van der Waals surface area contributed by atoms with E-state index in [2.05, 4.69) is 12.1 Å². The molecule has 0 radical (unpaired) electrons. The average Bonchev–Trinajstić information content (AvgIpc) is 2.56. The first-order valence-corrected chi connectivity index (χ1v) is 7.86. The van der Waals surface area contributed by atoms with Gasteiger partial charge < -0.3 is 14.2 Å². The number of ether oxygens (including phenoxy) is 3. The van der Waals surface area contributed by atoms with E-state index in [9.17, 15) is 0 Å². The highest BCUT2D eigenvalue weighted by atomic mass is 16.5. The van der Waals surface area contributed by atoms with Crippen molar-refractivity contribution in [3.8, 4) is 11.5 Å². The third-order valence-electron chi connectivity index (χ3n) is 3.18. The summed E-state index contributed by atoms with van der Waals surface area (Å²) in [6.07, 6.45) is 1.98. The molecule has 0 unspecified atom stereocenters. The minimum atomic E-state index is 0.669. The van der Waals surface area contributed by atoms with Crippen LogP contribution in [0.1, 0.15) is 25.3 Å². The predicted molar refractivity (Wildman–Crippen MR) is 88.4 cm³/mol. The van der Waals surface area contributed by atoms with Crippen LogP contribution >= 0.6 is 0 Å². The zero-order chi connectivity index (χ0) is 15.5. The lowest BCUT2D eigenvalue weighted by Crippen LogP contribution is -2.01. The van der Waals surface area contributed by atoms with Crippen molar-refractivity contribution in [2.45, 2.75) is 26.4 Å². The van der Waals surface area contributed by atoms with Crippen molar-refractivity contribution >= 4 is 0 Å². The van der Waals surface area contributed by atoms with E-state index in [0.717, 1.165) is 30.9 Å². The third kappa shape index (κ3) is 6.19. The van der Waals surface area contributed by atoms with Crippen molar-refractivity contribution in [1.29, 1.82) is 0 Å². The molecular weight excluding hydrogens is 276 g/mol. The Balaban J connectivity index is 1.55. The fraction of sp³-hybridized carbons (Fsp3) is 0.368. The highest BCUT2D eigenvalue weighted by Gasteiger charge is 1.98. The molecule has 118 valence electrons. The second-order valence-electron chi connectivity index (χ2n) is 5.00. The smallest absolute Gasteiger partial charge is 0.122 e. The number of hydrogen-bond donors (Lipinski definition) is 0. The number of hydrogen-bond acceptors (Lipinski definition) is 3. The van der Waals surface area contributed by atoms with Gasteiger partial charge in [0.2, 0.25) is 0 Å². The lowest BCUT2D eigenvalue weighted by atomic mass is 10.2. The SMILES string of the molecule is CCOc1cccc(OCCCCOCc2ccccc2)c1. The molecule has 3 nitrogen and oxygen atoms in total. The minimum absolute atomic E-state index is 0.669. The molecule has 0 aliphatic rings. The molecule has 0 aliphatic carbocycles. The molecule has 2 aromatic carbocycles. The summed E-state index contributed by atoms with van der Waals surface area (Å²) in [5, 5.41) is 0. The lowest BCUT2D eigenvalue weighted by molar-refractivity contribution is 0.113. The summed E-state index contributed by atoms with van der Waals surface area (Å²) in [5.41, 5.74) is 1.21. The largest absolute Gasteiger partial charge is 0.494 e. The maximum absolute atomic E-state index is 5.72. The van der Waals surface area contributed by atoms with Crippen LogP contribution in [0.5, 0.6) is 11.5 Å². The van der Waals surface area contributed by atoms with Gasteiger partial charge in [-0.3, -0.25) is 0 Å². The van der Waals surface area contributed by atoms with Crippen LogP contribution in [0.4, 0.5) is 0 Å². The van der Waals surface area contributed by atoms with Gasteiger partial charge in [-0.05, 0) is 37.5 Å². The van der Waals surface area contributed by atoms with Crippen LogP contribution in [0.3, 0.4) is 0 Å². The zero-order valence-electron chi connectivity index (χ0n) is 13.2. The highest BCUT2D eigenvalue weighted by Crippen LogP contribution is 2.19. The maximum Gasteiger partial charge on any atom is 0.122 e. The van der Waals surface area contributed by atoms with Crippen LogP contribution in [0.25, 0.3) is 0 Å². The van der Waals surface area contributed by atoms with Gasteiger partial charge in [-0.25, -0.2) is 0 Å². The molecule has 0 N–H and O–H groups in total. The molecular formula is C19H24O3. The average molecular weight is 300 g/mol. The third-order valence-corrected chi connectivity index (χ3v) is 3.18. The summed E-state index contributed by atoms with van der Waals surface area (Å²) in [6, 6.07) is 18.0. The summed E-state index contributed by atoms with van der Waals surface area (Å²) in [7, 11) is 0. The van der Waals surface area contributed by atoms with Crippen molar-refractivity contribution < 1.29 is 14.2 Å². The standard InChI is InChI=1S/C19H24O3/c1-2-21-18-11-8-12-19(15-18)22-14-7-6-13-20-16-17-9-4-3-5-10-17/h3-5,8-12,15H,2,6-7,13-14,16H2,1H3. The molecule has 0 aliphatic heterocycles. The first kappa shape index (κ1) is 16.4. The second-order valence-corrected chi connectivity index (χ2v) is 5.00. The van der Waals surface area contributed by atoms with Gasteiger partial charge in [0, 0.05) is 12.7 Å². The molecule has 0 bridgehead atoms. The highest BCUT2D eigenvalue weighted by molar-refractivity contribution is 5.32. The predicted octanol–water partition coefficient (Wildman–Crippen LogP) is 4.46. The van der Waals surface area contributed by atoms with Gasteiger partial charge in [0.05, 0.1) is 19.8 Å². The van der Waals surface area contributed by atoms with Crippen LogP contribution in [-0.2, 0) is 11.3 Å². The van der Waals surface area contributed by atoms with E-state index in [4.69, 9.17) is 14.2 Å². The van der Waals surface area contributed by atoms with Gasteiger partial charge in [0.1, 0.15) is 11.5 Å². The van der Waals surface area contributed by atoms with Gasteiger partial charge in [-0.15, -0.1) is 0 Å². The van der Waals surface area contributed by atoms with Gasteiger partial charge >= 0.3 is 0 Å². The summed E-state index contributed by atoms with van der Waals surface area (Å²) in [4.78, 5) is 0. The Kier molecular flexibility index (Phi) is 7.33. The van der Waals surface area contributed by atoms with Gasteiger partial charge in [0.25, 0.3) is 0 Å². The van der Waals surface area contributed by atoms with Crippen LogP contribution in [0.15, 0.2) is 54.6 Å². The van der Waals surface area contributed by atoms with Crippen molar-refractivity contribution in [3.63, 3.8) is 0 Å². The second kappa shape index (κ2) is 9.85. The molecule has 0 amide bonds. The minimum Gasteiger partial charge on any atom is -0.494 e. The fourth-order valence-corrected chi connectivity index (χ4v) is 2.08.